The SMILES string of the molecule is CC1(CNCc2ccc(Br)c([N+](=O)[O-])c2)CCC1. The van der Waals surface area contributed by atoms with Gasteiger partial charge in [-0.3, -0.25) is 10.1 Å². The second-order valence-electron chi connectivity index (χ2n) is 5.31. The van der Waals surface area contributed by atoms with Gasteiger partial charge in [0.25, 0.3) is 5.69 Å². The number of nitro groups is 1. The number of hydrogen-bond acceptors (Lipinski definition) is 3. The van der Waals surface area contributed by atoms with Gasteiger partial charge >= 0.3 is 0 Å². The van der Waals surface area contributed by atoms with Crippen molar-refractivity contribution in [2.24, 2.45) is 5.41 Å². The Labute approximate surface area is 115 Å². The summed E-state index contributed by atoms with van der Waals surface area (Å²) in [7, 11) is 0. The van der Waals surface area contributed by atoms with Crippen molar-refractivity contribution in [1.82, 2.24) is 5.32 Å². The van der Waals surface area contributed by atoms with Crippen LogP contribution in [0.15, 0.2) is 22.7 Å². The van der Waals surface area contributed by atoms with Gasteiger partial charge in [0, 0.05) is 19.2 Å². The molecule has 0 spiro atoms. The molecular weight excluding hydrogens is 296 g/mol. The average Bonchev–Trinajstić information content (AvgIpc) is 2.28. The number of hydrogen-bond donors (Lipinski definition) is 1. The van der Waals surface area contributed by atoms with Crippen molar-refractivity contribution in [1.29, 1.82) is 0 Å². The third-order valence-corrected chi connectivity index (χ3v) is 4.32. The summed E-state index contributed by atoms with van der Waals surface area (Å²) in [5, 5.41) is 14.2. The van der Waals surface area contributed by atoms with Gasteiger partial charge in [-0.2, -0.15) is 0 Å². The summed E-state index contributed by atoms with van der Waals surface area (Å²) in [6.07, 6.45) is 3.88. The number of nitrogens with zero attached hydrogens (tertiary/aromatic N) is 1. The van der Waals surface area contributed by atoms with Crippen LogP contribution >= 0.6 is 15.9 Å². The molecule has 98 valence electrons. The Kier molecular flexibility index (Phi) is 4.02. The minimum absolute atomic E-state index is 0.129. The lowest BCUT2D eigenvalue weighted by atomic mass is 9.70. The van der Waals surface area contributed by atoms with Crippen LogP contribution < -0.4 is 5.32 Å². The van der Waals surface area contributed by atoms with Crippen LogP contribution in [0.1, 0.15) is 31.7 Å². The second-order valence-corrected chi connectivity index (χ2v) is 6.16. The molecule has 1 fully saturated rings. The van der Waals surface area contributed by atoms with E-state index in [0.717, 1.165) is 12.1 Å². The maximum absolute atomic E-state index is 10.8. The van der Waals surface area contributed by atoms with Crippen molar-refractivity contribution in [3.63, 3.8) is 0 Å². The third-order valence-electron chi connectivity index (χ3n) is 3.65. The van der Waals surface area contributed by atoms with Crippen molar-refractivity contribution in [2.45, 2.75) is 32.7 Å². The molecule has 0 aliphatic heterocycles. The number of nitrogens with one attached hydrogen (secondary N) is 1. The Morgan fingerprint density at radius 1 is 1.50 bits per heavy atom. The predicted octanol–water partition coefficient (Wildman–Crippen LogP) is 3.64. The molecule has 5 heteroatoms. The Morgan fingerprint density at radius 2 is 2.22 bits per heavy atom. The lowest BCUT2D eigenvalue weighted by Crippen LogP contribution is -2.36. The molecule has 0 radical (unpaired) electrons. The van der Waals surface area contributed by atoms with Gasteiger partial charge in [-0.1, -0.05) is 19.4 Å². The van der Waals surface area contributed by atoms with E-state index in [0.29, 0.717) is 16.4 Å². The fourth-order valence-corrected chi connectivity index (χ4v) is 2.67. The topological polar surface area (TPSA) is 55.2 Å². The van der Waals surface area contributed by atoms with E-state index in [1.807, 2.05) is 6.07 Å². The van der Waals surface area contributed by atoms with E-state index in [1.165, 1.54) is 19.3 Å². The van der Waals surface area contributed by atoms with E-state index < -0.39 is 0 Å². The van der Waals surface area contributed by atoms with E-state index in [9.17, 15) is 10.1 Å². The Bertz CT molecular complexity index is 458. The summed E-state index contributed by atoms with van der Waals surface area (Å²) in [5.74, 6) is 0. The average molecular weight is 313 g/mol. The molecule has 0 aromatic heterocycles. The molecule has 0 saturated heterocycles. The van der Waals surface area contributed by atoms with Crippen LogP contribution in [0.3, 0.4) is 0 Å². The summed E-state index contributed by atoms with van der Waals surface area (Å²) >= 11 is 3.19. The predicted molar refractivity (Wildman–Crippen MR) is 74.5 cm³/mol. The first-order valence-electron chi connectivity index (χ1n) is 6.14. The number of benzene rings is 1. The maximum Gasteiger partial charge on any atom is 0.283 e. The molecule has 2 rings (SSSR count). The minimum Gasteiger partial charge on any atom is -0.312 e. The highest BCUT2D eigenvalue weighted by molar-refractivity contribution is 9.10. The van der Waals surface area contributed by atoms with Crippen molar-refractivity contribution in [2.75, 3.05) is 6.54 Å². The maximum atomic E-state index is 10.8. The summed E-state index contributed by atoms with van der Waals surface area (Å²) in [4.78, 5) is 10.5. The van der Waals surface area contributed by atoms with Crippen LogP contribution in [0.25, 0.3) is 0 Å². The first-order chi connectivity index (χ1) is 8.50. The van der Waals surface area contributed by atoms with Gasteiger partial charge in [0.1, 0.15) is 0 Å². The van der Waals surface area contributed by atoms with Crippen LogP contribution in [0, 0.1) is 15.5 Å². The largest absolute Gasteiger partial charge is 0.312 e. The van der Waals surface area contributed by atoms with E-state index >= 15 is 0 Å². The molecule has 0 bridgehead atoms. The van der Waals surface area contributed by atoms with Gasteiger partial charge in [0.05, 0.1) is 9.40 Å². The van der Waals surface area contributed by atoms with E-state index in [1.54, 1.807) is 12.1 Å². The highest BCUT2D eigenvalue weighted by atomic mass is 79.9. The molecule has 1 aliphatic rings. The zero-order valence-electron chi connectivity index (χ0n) is 10.4. The van der Waals surface area contributed by atoms with Gasteiger partial charge < -0.3 is 5.32 Å². The van der Waals surface area contributed by atoms with E-state index in [4.69, 9.17) is 0 Å². The summed E-state index contributed by atoms with van der Waals surface area (Å²) in [6.45, 7) is 3.95. The highest BCUT2D eigenvalue weighted by Gasteiger charge is 2.30. The van der Waals surface area contributed by atoms with Gasteiger partial charge in [0.2, 0.25) is 0 Å². The normalized spacial score (nSPS) is 17.2. The zero-order valence-corrected chi connectivity index (χ0v) is 12.0. The molecule has 0 amide bonds. The number of nitro benzene ring substituents is 1. The van der Waals surface area contributed by atoms with E-state index in [-0.39, 0.29) is 10.6 Å². The highest BCUT2D eigenvalue weighted by Crippen LogP contribution is 2.39. The fraction of sp³-hybridized carbons (Fsp3) is 0.538. The van der Waals surface area contributed by atoms with Crippen molar-refractivity contribution < 1.29 is 4.92 Å². The first-order valence-corrected chi connectivity index (χ1v) is 6.93. The molecule has 4 nitrogen and oxygen atoms in total. The molecule has 18 heavy (non-hydrogen) atoms. The molecule has 1 saturated carbocycles. The molecular formula is C13H17BrN2O2. The minimum atomic E-state index is -0.360. The standard InChI is InChI=1S/C13H17BrN2O2/c1-13(5-2-6-13)9-15-8-10-3-4-11(14)12(7-10)16(17)18/h3-4,7,15H,2,5-6,8-9H2,1H3. The van der Waals surface area contributed by atoms with Gasteiger partial charge in [-0.05, 0) is 45.8 Å². The molecule has 1 aliphatic carbocycles. The van der Waals surface area contributed by atoms with Gasteiger partial charge in [-0.15, -0.1) is 0 Å². The lowest BCUT2D eigenvalue weighted by molar-refractivity contribution is -0.385. The van der Waals surface area contributed by atoms with Crippen molar-refractivity contribution in [3.05, 3.63) is 38.3 Å². The number of halogens is 1. The smallest absolute Gasteiger partial charge is 0.283 e. The monoisotopic (exact) mass is 312 g/mol. The van der Waals surface area contributed by atoms with Gasteiger partial charge in [0.15, 0.2) is 0 Å². The summed E-state index contributed by atoms with van der Waals surface area (Å²) < 4.78 is 0.530. The quantitative estimate of drug-likeness (QED) is 0.667. The van der Waals surface area contributed by atoms with Crippen LogP contribution in [0.4, 0.5) is 5.69 Å². The zero-order chi connectivity index (χ0) is 13.2. The van der Waals surface area contributed by atoms with Crippen LogP contribution in [-0.4, -0.2) is 11.5 Å². The second kappa shape index (κ2) is 5.36. The van der Waals surface area contributed by atoms with Gasteiger partial charge in [-0.25, -0.2) is 0 Å². The fourth-order valence-electron chi connectivity index (χ4n) is 2.27. The first kappa shape index (κ1) is 13.5. The Morgan fingerprint density at radius 3 is 2.78 bits per heavy atom. The lowest BCUT2D eigenvalue weighted by Gasteiger charge is -2.38. The molecule has 0 atom stereocenters. The van der Waals surface area contributed by atoms with Crippen LogP contribution in [0.5, 0.6) is 0 Å². The third kappa shape index (κ3) is 3.09. The molecule has 0 unspecified atom stereocenters. The molecule has 0 heterocycles. The molecule has 1 N–H and O–H groups in total. The molecule has 1 aromatic carbocycles. The summed E-state index contributed by atoms with van der Waals surface area (Å²) in [5.41, 5.74) is 1.51. The number of rotatable bonds is 5. The van der Waals surface area contributed by atoms with Crippen LogP contribution in [0.2, 0.25) is 0 Å². The molecule has 1 aromatic rings. The Hall–Kier alpha value is -0.940. The summed E-state index contributed by atoms with van der Waals surface area (Å²) in [6, 6.07) is 5.27. The van der Waals surface area contributed by atoms with E-state index in [2.05, 4.69) is 28.2 Å². The Balaban J connectivity index is 1.93. The van der Waals surface area contributed by atoms with Crippen LogP contribution in [-0.2, 0) is 6.54 Å². The van der Waals surface area contributed by atoms with Crippen molar-refractivity contribution >= 4 is 21.6 Å². The van der Waals surface area contributed by atoms with Crippen molar-refractivity contribution in [3.8, 4) is 0 Å².